The molecule has 8 heteroatoms. The summed E-state index contributed by atoms with van der Waals surface area (Å²) in [5, 5.41) is 13.2. The molecule has 1 heterocycles. The Balaban J connectivity index is 2.09. The molecule has 0 spiro atoms. The molecule has 1 aliphatic rings. The highest BCUT2D eigenvalue weighted by molar-refractivity contribution is 7.92. The van der Waals surface area contributed by atoms with Crippen molar-refractivity contribution in [1.82, 2.24) is 5.32 Å². The maximum absolute atomic E-state index is 12.0. The molecule has 20 heavy (non-hydrogen) atoms. The van der Waals surface area contributed by atoms with E-state index in [0.717, 1.165) is 24.0 Å². The average Bonchev–Trinajstić information content (AvgIpc) is 2.95. The van der Waals surface area contributed by atoms with E-state index in [1.54, 1.807) is 0 Å². The smallest absolute Gasteiger partial charge is 0.308 e. The monoisotopic (exact) mass is 317 g/mol. The van der Waals surface area contributed by atoms with Crippen molar-refractivity contribution in [2.75, 3.05) is 6.26 Å². The lowest BCUT2D eigenvalue weighted by atomic mass is 10.0. The van der Waals surface area contributed by atoms with Gasteiger partial charge in [-0.2, -0.15) is 0 Å². The number of sulfone groups is 1. The topological polar surface area (TPSA) is 101 Å². The van der Waals surface area contributed by atoms with Crippen molar-refractivity contribution in [2.45, 2.75) is 29.5 Å². The lowest BCUT2D eigenvalue weighted by Gasteiger charge is -2.16. The SMILES string of the molecule is CS(=O)(=O)c1cc(C(=O)N[C@@H]2CCC[C@@H]2C(=O)O)cs1. The van der Waals surface area contributed by atoms with E-state index in [0.29, 0.717) is 12.8 Å². The fourth-order valence-corrected chi connectivity index (χ4v) is 4.11. The van der Waals surface area contributed by atoms with Gasteiger partial charge >= 0.3 is 5.97 Å². The molecule has 1 aromatic rings. The minimum atomic E-state index is -3.32. The lowest BCUT2D eigenvalue weighted by molar-refractivity contribution is -0.142. The summed E-state index contributed by atoms with van der Waals surface area (Å²) in [5.41, 5.74) is 0.256. The largest absolute Gasteiger partial charge is 0.481 e. The molecule has 0 unspecified atom stereocenters. The molecule has 0 aliphatic heterocycles. The van der Waals surface area contributed by atoms with Gasteiger partial charge in [-0.1, -0.05) is 6.42 Å². The molecule has 2 N–H and O–H groups in total. The number of carbonyl (C=O) groups is 2. The Hall–Kier alpha value is -1.41. The van der Waals surface area contributed by atoms with E-state index in [-0.39, 0.29) is 15.8 Å². The number of rotatable bonds is 4. The Kier molecular flexibility index (Phi) is 4.14. The molecule has 1 aromatic heterocycles. The molecule has 0 radical (unpaired) electrons. The van der Waals surface area contributed by atoms with E-state index >= 15 is 0 Å². The van der Waals surface area contributed by atoms with E-state index in [2.05, 4.69) is 5.32 Å². The Morgan fingerprint density at radius 1 is 1.40 bits per heavy atom. The molecular formula is C12H15NO5S2. The van der Waals surface area contributed by atoms with E-state index in [1.165, 1.54) is 11.4 Å². The van der Waals surface area contributed by atoms with Gasteiger partial charge in [-0.15, -0.1) is 11.3 Å². The molecule has 0 bridgehead atoms. The van der Waals surface area contributed by atoms with Crippen molar-refractivity contribution < 1.29 is 23.1 Å². The molecule has 1 fully saturated rings. The van der Waals surface area contributed by atoms with E-state index in [4.69, 9.17) is 5.11 Å². The molecule has 110 valence electrons. The predicted octanol–water partition coefficient (Wildman–Crippen LogP) is 1.13. The highest BCUT2D eigenvalue weighted by Crippen LogP contribution is 2.27. The molecule has 6 nitrogen and oxygen atoms in total. The van der Waals surface area contributed by atoms with Gasteiger partial charge in [-0.05, 0) is 18.9 Å². The van der Waals surface area contributed by atoms with Crippen molar-refractivity contribution in [2.24, 2.45) is 5.92 Å². The molecule has 0 aromatic carbocycles. The zero-order valence-electron chi connectivity index (χ0n) is 10.8. The standard InChI is InChI=1S/C12H15NO5S2/c1-20(17,18)10-5-7(6-19-10)11(14)13-9-4-2-3-8(9)12(15)16/h5-6,8-9H,2-4H2,1H3,(H,13,14)(H,15,16)/t8-,9+/m0/s1. The maximum atomic E-state index is 12.0. The summed E-state index contributed by atoms with van der Waals surface area (Å²) in [6.07, 6.45) is 3.03. The van der Waals surface area contributed by atoms with Gasteiger partial charge in [0.25, 0.3) is 5.91 Å². The number of carbonyl (C=O) groups excluding carboxylic acids is 1. The van der Waals surface area contributed by atoms with Crippen LogP contribution in [0, 0.1) is 5.92 Å². The summed E-state index contributed by atoms with van der Waals surface area (Å²) in [6.45, 7) is 0. The molecule has 2 rings (SSSR count). The fraction of sp³-hybridized carbons (Fsp3) is 0.500. The Morgan fingerprint density at radius 2 is 2.10 bits per heavy atom. The van der Waals surface area contributed by atoms with Crippen molar-refractivity contribution in [3.8, 4) is 0 Å². The fourth-order valence-electron chi connectivity index (χ4n) is 2.31. The number of carboxylic acid groups (broad SMARTS) is 1. The summed E-state index contributed by atoms with van der Waals surface area (Å²) in [7, 11) is -3.32. The number of thiophene rings is 1. The predicted molar refractivity (Wildman–Crippen MR) is 73.7 cm³/mol. The second-order valence-corrected chi connectivity index (χ2v) is 8.04. The van der Waals surface area contributed by atoms with Gasteiger partial charge in [0, 0.05) is 17.7 Å². The Labute approximate surface area is 120 Å². The minimum Gasteiger partial charge on any atom is -0.481 e. The normalized spacial score (nSPS) is 22.6. The minimum absolute atomic E-state index is 0.129. The summed E-state index contributed by atoms with van der Waals surface area (Å²) in [6, 6.07) is 0.932. The van der Waals surface area contributed by atoms with Crippen LogP contribution in [0.3, 0.4) is 0 Å². The summed E-state index contributed by atoms with van der Waals surface area (Å²) in [4.78, 5) is 23.1. The summed E-state index contributed by atoms with van der Waals surface area (Å²) < 4.78 is 22.8. The third kappa shape index (κ3) is 3.18. The Morgan fingerprint density at radius 3 is 2.65 bits per heavy atom. The first-order chi connectivity index (χ1) is 9.29. The number of carboxylic acids is 1. The van der Waals surface area contributed by atoms with Gasteiger partial charge in [0.2, 0.25) is 0 Å². The molecule has 1 amide bonds. The van der Waals surface area contributed by atoms with Crippen molar-refractivity contribution in [3.63, 3.8) is 0 Å². The summed E-state index contributed by atoms with van der Waals surface area (Å²) in [5.74, 6) is -1.89. The molecule has 1 saturated carbocycles. The van der Waals surface area contributed by atoms with Crippen LogP contribution in [0.2, 0.25) is 0 Å². The molecule has 1 aliphatic carbocycles. The van der Waals surface area contributed by atoms with E-state index in [1.807, 2.05) is 0 Å². The zero-order chi connectivity index (χ0) is 14.9. The van der Waals surface area contributed by atoms with Crippen LogP contribution < -0.4 is 5.32 Å². The van der Waals surface area contributed by atoms with Crippen LogP contribution in [0.15, 0.2) is 15.7 Å². The average molecular weight is 317 g/mol. The molecule has 2 atom stereocenters. The van der Waals surface area contributed by atoms with E-state index in [9.17, 15) is 18.0 Å². The molecular weight excluding hydrogens is 302 g/mol. The highest BCUT2D eigenvalue weighted by Gasteiger charge is 2.34. The van der Waals surface area contributed by atoms with Gasteiger partial charge < -0.3 is 10.4 Å². The number of nitrogens with one attached hydrogen (secondary N) is 1. The van der Waals surface area contributed by atoms with Crippen molar-refractivity contribution in [1.29, 1.82) is 0 Å². The van der Waals surface area contributed by atoms with Crippen LogP contribution in [0.25, 0.3) is 0 Å². The highest BCUT2D eigenvalue weighted by atomic mass is 32.2. The van der Waals surface area contributed by atoms with Gasteiger partial charge in [0.1, 0.15) is 4.21 Å². The summed E-state index contributed by atoms with van der Waals surface area (Å²) >= 11 is 0.985. The lowest BCUT2D eigenvalue weighted by Crippen LogP contribution is -2.40. The first kappa shape index (κ1) is 15.0. The van der Waals surface area contributed by atoms with Crippen molar-refractivity contribution >= 4 is 33.1 Å². The van der Waals surface area contributed by atoms with Crippen molar-refractivity contribution in [3.05, 3.63) is 17.0 Å². The first-order valence-corrected chi connectivity index (χ1v) is 8.88. The van der Waals surface area contributed by atoms with Gasteiger partial charge in [-0.3, -0.25) is 9.59 Å². The number of aliphatic carboxylic acids is 1. The van der Waals surface area contributed by atoms with Crippen LogP contribution in [-0.2, 0) is 14.6 Å². The third-order valence-electron chi connectivity index (χ3n) is 3.35. The van der Waals surface area contributed by atoms with Crippen LogP contribution in [0.5, 0.6) is 0 Å². The van der Waals surface area contributed by atoms with E-state index < -0.39 is 27.6 Å². The number of hydrogen-bond donors (Lipinski definition) is 2. The molecule has 0 saturated heterocycles. The quantitative estimate of drug-likeness (QED) is 0.867. The van der Waals surface area contributed by atoms with Crippen LogP contribution >= 0.6 is 11.3 Å². The van der Waals surface area contributed by atoms with Crippen LogP contribution in [-0.4, -0.2) is 37.7 Å². The number of amides is 1. The Bertz CT molecular complexity index is 634. The van der Waals surface area contributed by atoms with Gasteiger partial charge in [0.15, 0.2) is 9.84 Å². The first-order valence-electron chi connectivity index (χ1n) is 6.11. The second-order valence-electron chi connectivity index (χ2n) is 4.88. The second kappa shape index (κ2) is 5.53. The van der Waals surface area contributed by atoms with Crippen LogP contribution in [0.1, 0.15) is 29.6 Å². The number of hydrogen-bond acceptors (Lipinski definition) is 5. The third-order valence-corrected chi connectivity index (χ3v) is 6.12. The van der Waals surface area contributed by atoms with Gasteiger partial charge in [0.05, 0.1) is 11.5 Å². The maximum Gasteiger partial charge on any atom is 0.308 e. The zero-order valence-corrected chi connectivity index (χ0v) is 12.5. The van der Waals surface area contributed by atoms with Gasteiger partial charge in [-0.25, -0.2) is 8.42 Å². The van der Waals surface area contributed by atoms with Crippen LogP contribution in [0.4, 0.5) is 0 Å².